The number of carboxylic acid groups (broad SMARTS) is 1. The van der Waals surface area contributed by atoms with Crippen LogP contribution in [0, 0.1) is 0 Å². The highest BCUT2D eigenvalue weighted by Gasteiger charge is 2.16. The van der Waals surface area contributed by atoms with Gasteiger partial charge in [-0.25, -0.2) is 9.78 Å². The fraction of sp³-hybridized carbons (Fsp3) is 0.412. The lowest BCUT2D eigenvalue weighted by molar-refractivity contribution is 0.0323. The summed E-state index contributed by atoms with van der Waals surface area (Å²) in [6, 6.07) is 5.45. The van der Waals surface area contributed by atoms with Crippen molar-refractivity contribution in [2.24, 2.45) is 0 Å². The van der Waals surface area contributed by atoms with Crippen LogP contribution in [0.4, 0.5) is 0 Å². The number of aromatic carboxylic acids is 1. The van der Waals surface area contributed by atoms with Crippen molar-refractivity contribution in [3.8, 4) is 22.1 Å². The highest BCUT2D eigenvalue weighted by atomic mass is 32.1. The number of morpholine rings is 1. The highest BCUT2D eigenvalue weighted by Crippen LogP contribution is 2.35. The van der Waals surface area contributed by atoms with Crippen molar-refractivity contribution in [3.63, 3.8) is 0 Å². The molecule has 0 aliphatic carbocycles. The summed E-state index contributed by atoms with van der Waals surface area (Å²) >= 11 is 1.28. The van der Waals surface area contributed by atoms with Gasteiger partial charge in [0.15, 0.2) is 5.69 Å². The molecule has 0 saturated carbocycles. The molecule has 1 aliphatic heterocycles. The average Bonchev–Trinajstić information content (AvgIpc) is 3.13. The lowest BCUT2D eigenvalue weighted by atomic mass is 10.2. The van der Waals surface area contributed by atoms with Crippen molar-refractivity contribution in [1.29, 1.82) is 0 Å². The van der Waals surface area contributed by atoms with Crippen molar-refractivity contribution in [1.82, 2.24) is 9.88 Å². The number of rotatable bonds is 7. The smallest absolute Gasteiger partial charge is 0.355 e. The Morgan fingerprint density at radius 3 is 2.88 bits per heavy atom. The summed E-state index contributed by atoms with van der Waals surface area (Å²) in [6.45, 7) is 4.64. The molecule has 1 saturated heterocycles. The molecule has 1 fully saturated rings. The van der Waals surface area contributed by atoms with Crippen molar-refractivity contribution >= 4 is 17.3 Å². The van der Waals surface area contributed by atoms with Crippen molar-refractivity contribution in [3.05, 3.63) is 29.3 Å². The first-order valence-electron chi connectivity index (χ1n) is 7.97. The van der Waals surface area contributed by atoms with Gasteiger partial charge in [-0.15, -0.1) is 11.3 Å². The van der Waals surface area contributed by atoms with E-state index < -0.39 is 5.97 Å². The second kappa shape index (κ2) is 8.28. The van der Waals surface area contributed by atoms with E-state index in [1.54, 1.807) is 13.2 Å². The van der Waals surface area contributed by atoms with E-state index in [2.05, 4.69) is 9.88 Å². The maximum atomic E-state index is 11.1. The minimum absolute atomic E-state index is 0.0371. The molecule has 3 rings (SSSR count). The molecule has 0 spiro atoms. The number of carboxylic acids is 1. The number of nitrogens with zero attached hydrogens (tertiary/aromatic N) is 2. The minimum Gasteiger partial charge on any atom is -0.497 e. The van der Waals surface area contributed by atoms with Gasteiger partial charge < -0.3 is 19.3 Å². The second-order valence-corrected chi connectivity index (χ2v) is 6.37. The minimum atomic E-state index is -1.04. The maximum Gasteiger partial charge on any atom is 0.355 e. The van der Waals surface area contributed by atoms with Crippen LogP contribution >= 0.6 is 11.3 Å². The van der Waals surface area contributed by atoms with Crippen LogP contribution in [0.2, 0.25) is 0 Å². The molecule has 0 atom stereocenters. The van der Waals surface area contributed by atoms with E-state index in [1.807, 2.05) is 12.1 Å². The Morgan fingerprint density at radius 1 is 1.40 bits per heavy atom. The number of benzene rings is 1. The van der Waals surface area contributed by atoms with Crippen molar-refractivity contribution in [2.45, 2.75) is 0 Å². The van der Waals surface area contributed by atoms with Gasteiger partial charge in [-0.2, -0.15) is 0 Å². The summed E-state index contributed by atoms with van der Waals surface area (Å²) in [5, 5.41) is 11.2. The Labute approximate surface area is 149 Å². The predicted molar refractivity (Wildman–Crippen MR) is 93.8 cm³/mol. The van der Waals surface area contributed by atoms with E-state index in [-0.39, 0.29) is 5.69 Å². The Bertz CT molecular complexity index is 728. The maximum absolute atomic E-state index is 11.1. The summed E-state index contributed by atoms with van der Waals surface area (Å²) < 4.78 is 16.6. The molecule has 0 radical (unpaired) electrons. The standard InChI is InChI=1S/C17H20N2O5S/c1-22-12-2-3-13(16-18-14(11-25-16)17(20)21)15(10-12)24-9-6-19-4-7-23-8-5-19/h2-3,10-11H,4-9H2,1H3,(H,20,21). The van der Waals surface area contributed by atoms with Crippen molar-refractivity contribution < 1.29 is 24.1 Å². The summed E-state index contributed by atoms with van der Waals surface area (Å²) in [6.07, 6.45) is 0. The van der Waals surface area contributed by atoms with E-state index in [1.165, 1.54) is 16.7 Å². The molecule has 2 aromatic rings. The number of hydrogen-bond acceptors (Lipinski definition) is 7. The van der Waals surface area contributed by atoms with Crippen LogP contribution in [0.15, 0.2) is 23.6 Å². The molecule has 1 aromatic carbocycles. The van der Waals surface area contributed by atoms with E-state index >= 15 is 0 Å². The second-order valence-electron chi connectivity index (χ2n) is 5.51. The zero-order chi connectivity index (χ0) is 17.6. The topological polar surface area (TPSA) is 81.1 Å². The molecule has 1 aromatic heterocycles. The fourth-order valence-electron chi connectivity index (χ4n) is 2.53. The van der Waals surface area contributed by atoms with Crippen LogP contribution in [0.1, 0.15) is 10.5 Å². The number of aromatic nitrogens is 1. The first-order chi connectivity index (χ1) is 12.2. The van der Waals surface area contributed by atoms with Crippen LogP contribution in [0.5, 0.6) is 11.5 Å². The van der Waals surface area contributed by atoms with Gasteiger partial charge in [-0.1, -0.05) is 0 Å². The molecule has 2 heterocycles. The third-order valence-electron chi connectivity index (χ3n) is 3.91. The van der Waals surface area contributed by atoms with Gasteiger partial charge in [-0.05, 0) is 12.1 Å². The number of ether oxygens (including phenoxy) is 3. The van der Waals surface area contributed by atoms with Crippen LogP contribution in [-0.4, -0.2) is 67.5 Å². The van der Waals surface area contributed by atoms with Crippen LogP contribution in [0.25, 0.3) is 10.6 Å². The van der Waals surface area contributed by atoms with E-state index in [0.29, 0.717) is 23.1 Å². The SMILES string of the molecule is COc1ccc(-c2nc(C(=O)O)cs2)c(OCCN2CCOCC2)c1. The van der Waals surface area contributed by atoms with Gasteiger partial charge in [0.1, 0.15) is 23.1 Å². The molecule has 0 bridgehead atoms. The monoisotopic (exact) mass is 364 g/mol. The first-order valence-corrected chi connectivity index (χ1v) is 8.85. The van der Waals surface area contributed by atoms with Gasteiger partial charge in [-0.3, -0.25) is 4.90 Å². The predicted octanol–water partition coefficient (Wildman–Crippen LogP) is 2.23. The summed E-state index contributed by atoms with van der Waals surface area (Å²) in [4.78, 5) is 17.5. The van der Waals surface area contributed by atoms with E-state index in [0.717, 1.165) is 38.4 Å². The Morgan fingerprint density at radius 2 is 2.20 bits per heavy atom. The fourth-order valence-corrected chi connectivity index (χ4v) is 3.35. The summed E-state index contributed by atoms with van der Waals surface area (Å²) in [5.74, 6) is 0.282. The normalized spacial score (nSPS) is 15.1. The van der Waals surface area contributed by atoms with E-state index in [9.17, 15) is 4.79 Å². The Hall–Kier alpha value is -2.16. The summed E-state index contributed by atoms with van der Waals surface area (Å²) in [5.41, 5.74) is 0.801. The molecule has 134 valence electrons. The van der Waals surface area contributed by atoms with Gasteiger partial charge in [0.25, 0.3) is 0 Å². The largest absolute Gasteiger partial charge is 0.497 e. The number of methoxy groups -OCH3 is 1. The third-order valence-corrected chi connectivity index (χ3v) is 4.79. The Kier molecular flexibility index (Phi) is 5.85. The van der Waals surface area contributed by atoms with Crippen LogP contribution in [-0.2, 0) is 4.74 Å². The van der Waals surface area contributed by atoms with Gasteiger partial charge in [0, 0.05) is 31.1 Å². The molecular formula is C17H20N2O5S. The molecule has 0 unspecified atom stereocenters. The number of carbonyl (C=O) groups is 1. The quantitative estimate of drug-likeness (QED) is 0.807. The molecule has 1 aliphatic rings. The summed E-state index contributed by atoms with van der Waals surface area (Å²) in [7, 11) is 1.60. The van der Waals surface area contributed by atoms with Crippen molar-refractivity contribution in [2.75, 3.05) is 46.6 Å². The zero-order valence-corrected chi connectivity index (χ0v) is 14.8. The number of thiazole rings is 1. The third kappa shape index (κ3) is 4.47. The average molecular weight is 364 g/mol. The lowest BCUT2D eigenvalue weighted by Crippen LogP contribution is -2.38. The molecule has 8 heteroatoms. The zero-order valence-electron chi connectivity index (χ0n) is 13.9. The first kappa shape index (κ1) is 17.7. The van der Waals surface area contributed by atoms with Gasteiger partial charge in [0.05, 0.1) is 25.9 Å². The van der Waals surface area contributed by atoms with Gasteiger partial charge >= 0.3 is 5.97 Å². The molecule has 0 amide bonds. The Balaban J connectivity index is 1.74. The molecular weight excluding hydrogens is 344 g/mol. The number of hydrogen-bond donors (Lipinski definition) is 1. The molecule has 25 heavy (non-hydrogen) atoms. The lowest BCUT2D eigenvalue weighted by Gasteiger charge is -2.26. The highest BCUT2D eigenvalue weighted by molar-refractivity contribution is 7.13. The van der Waals surface area contributed by atoms with E-state index in [4.69, 9.17) is 19.3 Å². The van der Waals surface area contributed by atoms with Gasteiger partial charge in [0.2, 0.25) is 0 Å². The van der Waals surface area contributed by atoms with Crippen LogP contribution < -0.4 is 9.47 Å². The van der Waals surface area contributed by atoms with Crippen LogP contribution in [0.3, 0.4) is 0 Å². The molecule has 7 nitrogen and oxygen atoms in total. The molecule has 1 N–H and O–H groups in total.